The van der Waals surface area contributed by atoms with E-state index in [2.05, 4.69) is 77.9 Å². The summed E-state index contributed by atoms with van der Waals surface area (Å²) >= 11 is 0. The van der Waals surface area contributed by atoms with Gasteiger partial charge in [-0.1, -0.05) is 103 Å². The molecule has 6 aromatic rings. The summed E-state index contributed by atoms with van der Waals surface area (Å²) < 4.78 is 0. The van der Waals surface area contributed by atoms with E-state index in [0.29, 0.717) is 19.3 Å². The van der Waals surface area contributed by atoms with Crippen LogP contribution in [0.15, 0.2) is 109 Å². The topological polar surface area (TPSA) is 82.2 Å². The lowest BCUT2D eigenvalue weighted by atomic mass is 9.87. The minimum absolute atomic E-state index is 0.168. The minimum Gasteiger partial charge on any atom is -0.480 e. The Morgan fingerprint density at radius 1 is 0.791 bits per heavy atom. The molecule has 5 heteroatoms. The largest absolute Gasteiger partial charge is 0.480 e. The van der Waals surface area contributed by atoms with Crippen LogP contribution in [0.25, 0.3) is 32.4 Å². The highest BCUT2D eigenvalue weighted by Crippen LogP contribution is 2.28. The van der Waals surface area contributed by atoms with Crippen LogP contribution in [0.5, 0.6) is 0 Å². The second-order valence-electron chi connectivity index (χ2n) is 11.9. The molecule has 0 fully saturated rings. The van der Waals surface area contributed by atoms with Crippen LogP contribution in [0.4, 0.5) is 0 Å². The van der Waals surface area contributed by atoms with Crippen molar-refractivity contribution in [3.63, 3.8) is 0 Å². The third-order valence-electron chi connectivity index (χ3n) is 8.70. The highest BCUT2D eigenvalue weighted by atomic mass is 16.4. The third-order valence-corrected chi connectivity index (χ3v) is 8.70. The van der Waals surface area contributed by atoms with Gasteiger partial charge in [-0.3, -0.25) is 4.79 Å². The number of aliphatic carboxylic acids is 1. The van der Waals surface area contributed by atoms with Gasteiger partial charge >= 0.3 is 5.97 Å². The first-order chi connectivity index (χ1) is 20.8. The van der Waals surface area contributed by atoms with E-state index in [4.69, 9.17) is 0 Å². The number of benzene rings is 5. The lowest BCUT2D eigenvalue weighted by molar-refractivity contribution is -0.147. The van der Waals surface area contributed by atoms with Crippen molar-refractivity contribution >= 4 is 44.3 Å². The molecule has 5 aromatic carbocycles. The van der Waals surface area contributed by atoms with Crippen molar-refractivity contribution in [1.29, 1.82) is 0 Å². The van der Waals surface area contributed by atoms with Gasteiger partial charge in [0.2, 0.25) is 5.91 Å². The third kappa shape index (κ3) is 5.89. The Bertz CT molecular complexity index is 1950. The number of amides is 1. The molecule has 1 aromatic heterocycles. The van der Waals surface area contributed by atoms with Crippen molar-refractivity contribution in [2.75, 3.05) is 0 Å². The number of hydrogen-bond acceptors (Lipinski definition) is 2. The molecule has 3 N–H and O–H groups in total. The van der Waals surface area contributed by atoms with Gasteiger partial charge in [-0.2, -0.15) is 0 Å². The molecule has 6 rings (SSSR count). The molecule has 2 atom stereocenters. The number of aromatic amines is 1. The van der Waals surface area contributed by atoms with Crippen LogP contribution in [0, 0.1) is 12.8 Å². The molecule has 0 spiro atoms. The van der Waals surface area contributed by atoms with Gasteiger partial charge < -0.3 is 15.4 Å². The molecule has 0 bridgehead atoms. The number of carbonyl (C=O) groups is 2. The van der Waals surface area contributed by atoms with Gasteiger partial charge in [-0.15, -0.1) is 0 Å². The van der Waals surface area contributed by atoms with Crippen molar-refractivity contribution in [3.8, 4) is 0 Å². The molecule has 0 aliphatic carbocycles. The molecule has 0 saturated carbocycles. The molecule has 0 aliphatic heterocycles. The average molecular weight is 569 g/mol. The normalized spacial score (nSPS) is 13.6. The average Bonchev–Trinajstić information content (AvgIpc) is 3.41. The maximum absolute atomic E-state index is 14.2. The van der Waals surface area contributed by atoms with Crippen LogP contribution >= 0.6 is 0 Å². The number of aromatic nitrogens is 1. The number of carboxylic acids is 1. The van der Waals surface area contributed by atoms with E-state index in [1.165, 1.54) is 21.9 Å². The lowest BCUT2D eigenvalue weighted by Crippen LogP contribution is -2.55. The standard InChI is InChI=1S/C38H36N2O3/c1-25-17-18-27-11-7-12-28(34(27)21-25)19-20-30(22-29-13-8-10-26-9-3-4-14-32(26)29)36(41)40-38(2,37(42)43)23-31-24-39-35-16-6-5-15-33(31)35/h3-18,21,24,30,39H,19-20,22-23H2,1-2H3,(H,40,41)(H,42,43)/t30?,38-/m1/s1. The van der Waals surface area contributed by atoms with Crippen molar-refractivity contribution in [3.05, 3.63) is 132 Å². The number of para-hydroxylation sites is 1. The summed E-state index contributed by atoms with van der Waals surface area (Å²) in [5.74, 6) is -1.72. The molecule has 0 aliphatic rings. The molecule has 1 amide bonds. The van der Waals surface area contributed by atoms with Crippen molar-refractivity contribution in [1.82, 2.24) is 10.3 Å². The van der Waals surface area contributed by atoms with Gasteiger partial charge in [0, 0.05) is 29.4 Å². The highest BCUT2D eigenvalue weighted by molar-refractivity contribution is 5.91. The molecular weight excluding hydrogens is 532 g/mol. The number of fused-ring (bicyclic) bond motifs is 3. The van der Waals surface area contributed by atoms with E-state index in [0.717, 1.165) is 32.8 Å². The zero-order valence-corrected chi connectivity index (χ0v) is 24.6. The Hall–Kier alpha value is -4.90. The van der Waals surface area contributed by atoms with Crippen molar-refractivity contribution in [2.24, 2.45) is 5.92 Å². The second-order valence-corrected chi connectivity index (χ2v) is 11.9. The van der Waals surface area contributed by atoms with E-state index >= 15 is 0 Å². The summed E-state index contributed by atoms with van der Waals surface area (Å²) in [4.78, 5) is 30.1. The first kappa shape index (κ1) is 28.2. The number of H-pyrrole nitrogens is 1. The monoisotopic (exact) mass is 568 g/mol. The number of carboxylic acid groups (broad SMARTS) is 1. The smallest absolute Gasteiger partial charge is 0.329 e. The second kappa shape index (κ2) is 11.8. The maximum Gasteiger partial charge on any atom is 0.329 e. The predicted octanol–water partition coefficient (Wildman–Crippen LogP) is 7.78. The SMILES string of the molecule is Cc1ccc2cccc(CCC(Cc3cccc4ccccc34)C(=O)N[C@](C)(Cc3c[nH]c4ccccc34)C(=O)O)c2c1. The number of hydrogen-bond donors (Lipinski definition) is 3. The van der Waals surface area contributed by atoms with Gasteiger partial charge in [0.25, 0.3) is 0 Å². The maximum atomic E-state index is 14.2. The Labute approximate surface area is 251 Å². The first-order valence-electron chi connectivity index (χ1n) is 14.9. The van der Waals surface area contributed by atoms with Crippen LogP contribution < -0.4 is 5.32 Å². The number of carbonyl (C=O) groups excluding carboxylic acids is 1. The van der Waals surface area contributed by atoms with Crippen LogP contribution in [0.2, 0.25) is 0 Å². The fourth-order valence-corrected chi connectivity index (χ4v) is 6.27. The van der Waals surface area contributed by atoms with E-state index in [9.17, 15) is 14.7 Å². The van der Waals surface area contributed by atoms with Gasteiger partial charge in [-0.05, 0) is 77.4 Å². The Morgan fingerprint density at radius 3 is 2.26 bits per heavy atom. The Kier molecular flexibility index (Phi) is 7.73. The summed E-state index contributed by atoms with van der Waals surface area (Å²) in [5, 5.41) is 19.0. The molecular formula is C38H36N2O3. The van der Waals surface area contributed by atoms with Gasteiger partial charge in [-0.25, -0.2) is 4.79 Å². The van der Waals surface area contributed by atoms with E-state index in [1.54, 1.807) is 6.92 Å². The minimum atomic E-state index is -1.48. The highest BCUT2D eigenvalue weighted by Gasteiger charge is 2.37. The van der Waals surface area contributed by atoms with Crippen LogP contribution in [0.3, 0.4) is 0 Å². The summed E-state index contributed by atoms with van der Waals surface area (Å²) in [5.41, 5.74) is 3.79. The number of aryl methyl sites for hydroxylation is 2. The zero-order chi connectivity index (χ0) is 30.0. The summed E-state index contributed by atoms with van der Waals surface area (Å²) in [6.45, 7) is 3.70. The molecule has 0 saturated heterocycles. The van der Waals surface area contributed by atoms with Gasteiger partial charge in [0.1, 0.15) is 5.54 Å². The lowest BCUT2D eigenvalue weighted by Gasteiger charge is -2.29. The first-order valence-corrected chi connectivity index (χ1v) is 14.9. The van der Waals surface area contributed by atoms with Crippen LogP contribution in [-0.4, -0.2) is 27.5 Å². The molecule has 43 heavy (non-hydrogen) atoms. The van der Waals surface area contributed by atoms with Crippen LogP contribution in [-0.2, 0) is 28.9 Å². The number of nitrogens with one attached hydrogen (secondary N) is 2. The molecule has 1 unspecified atom stereocenters. The Morgan fingerprint density at radius 2 is 1.47 bits per heavy atom. The molecule has 0 radical (unpaired) electrons. The van der Waals surface area contributed by atoms with Gasteiger partial charge in [0.15, 0.2) is 0 Å². The van der Waals surface area contributed by atoms with E-state index < -0.39 is 17.4 Å². The fourth-order valence-electron chi connectivity index (χ4n) is 6.27. The summed E-state index contributed by atoms with van der Waals surface area (Å²) in [6, 6.07) is 35.0. The summed E-state index contributed by atoms with van der Waals surface area (Å²) in [7, 11) is 0. The molecule has 216 valence electrons. The summed E-state index contributed by atoms with van der Waals surface area (Å²) in [6.07, 6.45) is 3.82. The quantitative estimate of drug-likeness (QED) is 0.158. The molecule has 1 heterocycles. The zero-order valence-electron chi connectivity index (χ0n) is 24.6. The predicted molar refractivity (Wildman–Crippen MR) is 174 cm³/mol. The van der Waals surface area contributed by atoms with Gasteiger partial charge in [0.05, 0.1) is 0 Å². The van der Waals surface area contributed by atoms with E-state index in [1.807, 2.05) is 48.7 Å². The van der Waals surface area contributed by atoms with Crippen LogP contribution in [0.1, 0.15) is 35.6 Å². The van der Waals surface area contributed by atoms with E-state index in [-0.39, 0.29) is 12.3 Å². The Balaban J connectivity index is 1.31. The number of rotatable bonds is 10. The molecule has 5 nitrogen and oxygen atoms in total. The fraction of sp³-hybridized carbons (Fsp3) is 0.211. The van der Waals surface area contributed by atoms with Crippen molar-refractivity contribution in [2.45, 2.75) is 45.1 Å². The van der Waals surface area contributed by atoms with Crippen molar-refractivity contribution < 1.29 is 14.7 Å².